The first-order chi connectivity index (χ1) is 9.83. The largest absolute Gasteiger partial charge is 0.369 e. The van der Waals surface area contributed by atoms with Crippen LogP contribution in [0.2, 0.25) is 0 Å². The molecule has 0 aromatic carbocycles. The van der Waals surface area contributed by atoms with Gasteiger partial charge in [0.1, 0.15) is 46.0 Å². The van der Waals surface area contributed by atoms with Crippen molar-refractivity contribution >= 4 is 46.0 Å². The molecule has 4 rings (SSSR count). The second kappa shape index (κ2) is 6.07. The molecular weight excluding hydrogens is 486 g/mol. The van der Waals surface area contributed by atoms with Gasteiger partial charge in [0, 0.05) is 0 Å². The van der Waals surface area contributed by atoms with Gasteiger partial charge in [-0.1, -0.05) is 0 Å². The van der Waals surface area contributed by atoms with E-state index < -0.39 is 0 Å². The molecule has 2 aliphatic heterocycles. The number of ether oxygens (including phenoxy) is 2. The Morgan fingerprint density at radius 2 is 1.20 bits per heavy atom. The van der Waals surface area contributed by atoms with E-state index in [1.54, 1.807) is 0 Å². The van der Waals surface area contributed by atoms with Crippen LogP contribution in [0.5, 0.6) is 0 Å². The molecule has 0 aromatic rings. The summed E-state index contributed by atoms with van der Waals surface area (Å²) in [6, 6.07) is 0. The third-order valence-electron chi connectivity index (χ3n) is 5.73. The predicted octanol–water partition coefficient (Wildman–Crippen LogP) is 3.31. The lowest BCUT2D eigenvalue weighted by molar-refractivity contribution is 0.0518. The standard InChI is InChI=1S/C14H20I2O4/c15-17-5-7-1-3-9-13(19-9)11(7)12-8(6-18-16)2-4-10-14(12)20-10/h7-14H,1-6H2. The zero-order valence-electron chi connectivity index (χ0n) is 11.3. The minimum Gasteiger partial charge on any atom is -0.369 e. The van der Waals surface area contributed by atoms with Crippen LogP contribution in [0.25, 0.3) is 0 Å². The molecule has 4 fully saturated rings. The van der Waals surface area contributed by atoms with Crippen LogP contribution < -0.4 is 0 Å². The highest BCUT2D eigenvalue weighted by atomic mass is 127. The van der Waals surface area contributed by atoms with Gasteiger partial charge in [-0.25, -0.2) is 0 Å². The van der Waals surface area contributed by atoms with Crippen LogP contribution in [0.3, 0.4) is 0 Å². The van der Waals surface area contributed by atoms with E-state index in [0.717, 1.165) is 13.2 Å². The van der Waals surface area contributed by atoms with Crippen molar-refractivity contribution in [1.29, 1.82) is 0 Å². The number of halogens is 2. The molecule has 0 aromatic heterocycles. The normalized spacial score (nSPS) is 53.1. The number of hydrogen-bond donors (Lipinski definition) is 0. The molecule has 2 aliphatic carbocycles. The first-order valence-corrected chi connectivity index (χ1v) is 9.37. The third kappa shape index (κ3) is 2.66. The summed E-state index contributed by atoms with van der Waals surface area (Å²) in [4.78, 5) is 0. The Labute approximate surface area is 148 Å². The van der Waals surface area contributed by atoms with Crippen molar-refractivity contribution in [3.8, 4) is 0 Å². The summed E-state index contributed by atoms with van der Waals surface area (Å²) in [7, 11) is 0. The van der Waals surface area contributed by atoms with E-state index in [9.17, 15) is 0 Å². The molecule has 114 valence electrons. The Bertz CT molecular complexity index is 335. The molecule has 0 spiro atoms. The summed E-state index contributed by atoms with van der Waals surface area (Å²) in [5.74, 6) is 2.46. The van der Waals surface area contributed by atoms with Crippen LogP contribution >= 0.6 is 46.0 Å². The fourth-order valence-electron chi connectivity index (χ4n) is 4.75. The fourth-order valence-corrected chi connectivity index (χ4v) is 5.67. The lowest BCUT2D eigenvalue weighted by Crippen LogP contribution is -2.43. The Kier molecular flexibility index (Phi) is 4.51. The van der Waals surface area contributed by atoms with Crippen molar-refractivity contribution in [3.63, 3.8) is 0 Å². The van der Waals surface area contributed by atoms with Gasteiger partial charge in [0.15, 0.2) is 0 Å². The summed E-state index contributed by atoms with van der Waals surface area (Å²) in [6.45, 7) is 1.70. The lowest BCUT2D eigenvalue weighted by Gasteiger charge is -2.39. The first-order valence-electron chi connectivity index (χ1n) is 7.61. The predicted molar refractivity (Wildman–Crippen MR) is 89.7 cm³/mol. The summed E-state index contributed by atoms with van der Waals surface area (Å²) in [5, 5.41) is 0. The molecule has 20 heavy (non-hydrogen) atoms. The zero-order chi connectivity index (χ0) is 13.7. The Morgan fingerprint density at radius 3 is 1.60 bits per heavy atom. The second-order valence-electron chi connectivity index (χ2n) is 6.66. The number of rotatable bonds is 5. The number of hydrogen-bond acceptors (Lipinski definition) is 4. The fraction of sp³-hybridized carbons (Fsp3) is 1.00. The smallest absolute Gasteiger partial charge is 0.109 e. The minimum atomic E-state index is 0.463. The first kappa shape index (κ1) is 14.9. The molecule has 4 nitrogen and oxygen atoms in total. The molecular formula is C14H20I2O4. The van der Waals surface area contributed by atoms with E-state index in [1.807, 2.05) is 46.0 Å². The van der Waals surface area contributed by atoms with Gasteiger partial charge in [-0.05, 0) is 49.4 Å². The molecule has 4 aliphatic rings. The van der Waals surface area contributed by atoms with Gasteiger partial charge in [-0.2, -0.15) is 0 Å². The maximum Gasteiger partial charge on any atom is 0.109 e. The molecule has 0 amide bonds. The molecule has 2 saturated heterocycles. The topological polar surface area (TPSA) is 43.5 Å². The molecule has 8 unspecified atom stereocenters. The van der Waals surface area contributed by atoms with Crippen molar-refractivity contribution in [2.24, 2.45) is 23.7 Å². The summed E-state index contributed by atoms with van der Waals surface area (Å²) < 4.78 is 22.8. The van der Waals surface area contributed by atoms with Crippen LogP contribution in [0.4, 0.5) is 0 Å². The quantitative estimate of drug-likeness (QED) is 0.425. The minimum absolute atomic E-state index is 0.463. The maximum atomic E-state index is 5.96. The zero-order valence-corrected chi connectivity index (χ0v) is 15.6. The Balaban J connectivity index is 1.55. The summed E-state index contributed by atoms with van der Waals surface area (Å²) >= 11 is 4.06. The van der Waals surface area contributed by atoms with E-state index in [-0.39, 0.29) is 0 Å². The van der Waals surface area contributed by atoms with E-state index in [4.69, 9.17) is 15.6 Å². The summed E-state index contributed by atoms with van der Waals surface area (Å²) in [6.07, 6.45) is 6.86. The van der Waals surface area contributed by atoms with Gasteiger partial charge >= 0.3 is 0 Å². The lowest BCUT2D eigenvalue weighted by atomic mass is 9.64. The van der Waals surface area contributed by atoms with Crippen LogP contribution in [-0.2, 0) is 15.6 Å². The highest BCUT2D eigenvalue weighted by Gasteiger charge is 2.62. The van der Waals surface area contributed by atoms with E-state index >= 15 is 0 Å². The van der Waals surface area contributed by atoms with Gasteiger partial charge < -0.3 is 15.6 Å². The van der Waals surface area contributed by atoms with E-state index in [0.29, 0.717) is 48.1 Å². The summed E-state index contributed by atoms with van der Waals surface area (Å²) in [5.41, 5.74) is 0. The SMILES string of the molecule is IOCC1CCC2OC2C1C1C(COI)CCC2OC21. The highest BCUT2D eigenvalue weighted by Crippen LogP contribution is 2.56. The molecule has 8 atom stereocenters. The third-order valence-corrected chi connectivity index (χ3v) is 6.45. The van der Waals surface area contributed by atoms with Crippen LogP contribution in [0.15, 0.2) is 0 Å². The van der Waals surface area contributed by atoms with Crippen molar-refractivity contribution in [1.82, 2.24) is 0 Å². The van der Waals surface area contributed by atoms with Gasteiger partial charge in [0.05, 0.1) is 37.6 Å². The number of epoxide rings is 2. The molecule has 0 N–H and O–H groups in total. The molecule has 2 heterocycles. The average Bonchev–Trinajstić information content (AvgIpc) is 3.33. The number of fused-ring (bicyclic) bond motifs is 2. The van der Waals surface area contributed by atoms with Crippen LogP contribution in [0.1, 0.15) is 25.7 Å². The van der Waals surface area contributed by atoms with Gasteiger partial charge in [0.25, 0.3) is 0 Å². The highest BCUT2D eigenvalue weighted by molar-refractivity contribution is 14.1. The van der Waals surface area contributed by atoms with Crippen LogP contribution in [-0.4, -0.2) is 37.6 Å². The van der Waals surface area contributed by atoms with E-state index in [1.165, 1.54) is 25.7 Å². The Morgan fingerprint density at radius 1 is 0.750 bits per heavy atom. The van der Waals surface area contributed by atoms with Crippen molar-refractivity contribution in [2.45, 2.75) is 50.1 Å². The maximum absolute atomic E-state index is 5.96. The van der Waals surface area contributed by atoms with Gasteiger partial charge in [0.2, 0.25) is 0 Å². The van der Waals surface area contributed by atoms with Crippen LogP contribution in [0, 0.1) is 23.7 Å². The van der Waals surface area contributed by atoms with Gasteiger partial charge in [-0.3, -0.25) is 0 Å². The average molecular weight is 506 g/mol. The molecule has 2 saturated carbocycles. The van der Waals surface area contributed by atoms with Crippen molar-refractivity contribution in [3.05, 3.63) is 0 Å². The van der Waals surface area contributed by atoms with Gasteiger partial charge in [-0.15, -0.1) is 0 Å². The Hall–Kier alpha value is 1.30. The second-order valence-corrected chi connectivity index (χ2v) is 7.91. The van der Waals surface area contributed by atoms with Crippen molar-refractivity contribution in [2.75, 3.05) is 13.2 Å². The monoisotopic (exact) mass is 506 g/mol. The van der Waals surface area contributed by atoms with Crippen molar-refractivity contribution < 1.29 is 15.6 Å². The molecule has 0 bridgehead atoms. The van der Waals surface area contributed by atoms with E-state index in [2.05, 4.69) is 0 Å². The molecule has 0 radical (unpaired) electrons. The molecule has 6 heteroatoms.